The Morgan fingerprint density at radius 3 is 2.45 bits per heavy atom. The lowest BCUT2D eigenvalue weighted by Crippen LogP contribution is -2.36. The van der Waals surface area contributed by atoms with E-state index in [0.29, 0.717) is 12.5 Å². The van der Waals surface area contributed by atoms with Crippen LogP contribution in [0.3, 0.4) is 0 Å². The molecule has 1 fully saturated rings. The molecule has 1 aromatic carbocycles. The average Bonchev–Trinajstić information content (AvgIpc) is 2.74. The molecule has 1 N–H and O–H groups in total. The van der Waals surface area contributed by atoms with Crippen molar-refractivity contribution in [2.45, 2.75) is 45.4 Å². The summed E-state index contributed by atoms with van der Waals surface area (Å²) in [5.41, 5.74) is 2.36. The molecule has 1 amide bonds. The fraction of sp³-hybridized carbons (Fsp3) is 0.588. The Kier molecular flexibility index (Phi) is 5.45. The monoisotopic (exact) mass is 274 g/mol. The molecule has 2 rings (SSSR count). The zero-order valence-electron chi connectivity index (χ0n) is 12.7. The minimum Gasteiger partial charge on any atom is -0.376 e. The zero-order valence-corrected chi connectivity index (χ0v) is 12.7. The molecule has 0 atom stereocenters. The summed E-state index contributed by atoms with van der Waals surface area (Å²) in [6.07, 6.45) is 4.81. The highest BCUT2D eigenvalue weighted by molar-refractivity contribution is 5.81. The molecule has 20 heavy (non-hydrogen) atoms. The number of carbonyl (C=O) groups is 1. The van der Waals surface area contributed by atoms with Crippen LogP contribution in [-0.4, -0.2) is 30.4 Å². The number of amides is 1. The van der Waals surface area contributed by atoms with Crippen LogP contribution in [0, 0.1) is 0 Å². The molecule has 1 aliphatic heterocycles. The highest BCUT2D eigenvalue weighted by Crippen LogP contribution is 2.23. The number of benzene rings is 1. The van der Waals surface area contributed by atoms with Crippen molar-refractivity contribution in [2.75, 3.05) is 25.0 Å². The molecule has 110 valence electrons. The van der Waals surface area contributed by atoms with E-state index in [2.05, 4.69) is 37.4 Å². The van der Waals surface area contributed by atoms with Gasteiger partial charge in [-0.25, -0.2) is 0 Å². The summed E-state index contributed by atoms with van der Waals surface area (Å²) in [6, 6.07) is 8.26. The Hall–Kier alpha value is -1.51. The van der Waals surface area contributed by atoms with E-state index in [0.717, 1.165) is 31.6 Å². The third kappa shape index (κ3) is 3.99. The molecule has 1 saturated heterocycles. The lowest BCUT2D eigenvalue weighted by molar-refractivity contribution is -0.129. The van der Waals surface area contributed by atoms with Gasteiger partial charge in [-0.15, -0.1) is 0 Å². The first-order chi connectivity index (χ1) is 9.68. The molecule has 0 saturated carbocycles. The van der Waals surface area contributed by atoms with Gasteiger partial charge in [0, 0.05) is 18.8 Å². The highest BCUT2D eigenvalue weighted by atomic mass is 16.2. The smallest absolute Gasteiger partial charge is 0.241 e. The first-order valence-electron chi connectivity index (χ1n) is 7.79. The molecule has 1 heterocycles. The average molecular weight is 274 g/mol. The second-order valence-corrected chi connectivity index (χ2v) is 5.89. The maximum Gasteiger partial charge on any atom is 0.241 e. The first-order valence-corrected chi connectivity index (χ1v) is 7.79. The van der Waals surface area contributed by atoms with Crippen LogP contribution in [0.5, 0.6) is 0 Å². The van der Waals surface area contributed by atoms with Crippen molar-refractivity contribution in [2.24, 2.45) is 0 Å². The lowest BCUT2D eigenvalue weighted by atomic mass is 10.0. The molecular formula is C17H26N2O. The first kappa shape index (κ1) is 14.9. The van der Waals surface area contributed by atoms with Gasteiger partial charge in [-0.2, -0.15) is 0 Å². The van der Waals surface area contributed by atoms with E-state index in [1.54, 1.807) is 0 Å². The van der Waals surface area contributed by atoms with Crippen molar-refractivity contribution in [3.8, 4) is 0 Å². The second kappa shape index (κ2) is 7.32. The maximum atomic E-state index is 12.3. The molecule has 3 nitrogen and oxygen atoms in total. The van der Waals surface area contributed by atoms with Crippen molar-refractivity contribution >= 4 is 11.6 Å². The van der Waals surface area contributed by atoms with Crippen molar-refractivity contribution < 1.29 is 4.79 Å². The Balaban J connectivity index is 1.92. The van der Waals surface area contributed by atoms with Gasteiger partial charge in [0.05, 0.1) is 6.54 Å². The summed E-state index contributed by atoms with van der Waals surface area (Å²) in [4.78, 5) is 14.3. The predicted octanol–water partition coefficient (Wildman–Crippen LogP) is 3.62. The van der Waals surface area contributed by atoms with Crippen LogP contribution in [0.1, 0.15) is 51.0 Å². The Morgan fingerprint density at radius 1 is 1.15 bits per heavy atom. The van der Waals surface area contributed by atoms with Crippen molar-refractivity contribution in [1.29, 1.82) is 0 Å². The second-order valence-electron chi connectivity index (χ2n) is 5.89. The summed E-state index contributed by atoms with van der Waals surface area (Å²) in [7, 11) is 0. The number of nitrogens with zero attached hydrogens (tertiary/aromatic N) is 1. The minimum atomic E-state index is 0.227. The van der Waals surface area contributed by atoms with Crippen LogP contribution in [0.15, 0.2) is 24.3 Å². The highest BCUT2D eigenvalue weighted by Gasteiger charge is 2.15. The molecule has 0 aromatic heterocycles. The third-order valence-corrected chi connectivity index (χ3v) is 3.97. The third-order valence-electron chi connectivity index (χ3n) is 3.97. The maximum absolute atomic E-state index is 12.3. The number of likely N-dealkylation sites (tertiary alicyclic amines) is 1. The van der Waals surface area contributed by atoms with E-state index in [9.17, 15) is 4.79 Å². The summed E-state index contributed by atoms with van der Waals surface area (Å²) in [5.74, 6) is 0.692. The Labute approximate surface area is 122 Å². The van der Waals surface area contributed by atoms with E-state index < -0.39 is 0 Å². The number of rotatable bonds is 4. The summed E-state index contributed by atoms with van der Waals surface area (Å²) in [6.45, 7) is 6.61. The van der Waals surface area contributed by atoms with Gasteiger partial charge in [0.15, 0.2) is 0 Å². The molecule has 0 bridgehead atoms. The van der Waals surface area contributed by atoms with Crippen molar-refractivity contribution in [3.05, 3.63) is 29.8 Å². The van der Waals surface area contributed by atoms with Gasteiger partial charge in [-0.3, -0.25) is 4.79 Å². The number of hydrogen-bond acceptors (Lipinski definition) is 2. The summed E-state index contributed by atoms with van der Waals surface area (Å²) >= 11 is 0. The van der Waals surface area contributed by atoms with Gasteiger partial charge in [0.2, 0.25) is 5.91 Å². The number of para-hydroxylation sites is 1. The van der Waals surface area contributed by atoms with E-state index in [4.69, 9.17) is 0 Å². The lowest BCUT2D eigenvalue weighted by Gasteiger charge is -2.21. The molecule has 0 radical (unpaired) electrons. The number of anilines is 1. The van der Waals surface area contributed by atoms with Crippen molar-refractivity contribution in [3.63, 3.8) is 0 Å². The molecule has 0 spiro atoms. The van der Waals surface area contributed by atoms with E-state index >= 15 is 0 Å². The number of carbonyl (C=O) groups excluding carboxylic acids is 1. The molecule has 3 heteroatoms. The van der Waals surface area contributed by atoms with Gasteiger partial charge in [0.25, 0.3) is 0 Å². The normalized spacial score (nSPS) is 16.1. The fourth-order valence-electron chi connectivity index (χ4n) is 2.76. The zero-order chi connectivity index (χ0) is 14.4. The Morgan fingerprint density at radius 2 is 1.80 bits per heavy atom. The molecule has 0 aliphatic carbocycles. The molecule has 1 aliphatic rings. The largest absolute Gasteiger partial charge is 0.376 e. The van der Waals surface area contributed by atoms with Crippen LogP contribution in [0.25, 0.3) is 0 Å². The van der Waals surface area contributed by atoms with Gasteiger partial charge < -0.3 is 10.2 Å². The van der Waals surface area contributed by atoms with Crippen LogP contribution in [0.2, 0.25) is 0 Å². The predicted molar refractivity (Wildman–Crippen MR) is 84.1 cm³/mol. The summed E-state index contributed by atoms with van der Waals surface area (Å²) in [5, 5.41) is 3.32. The minimum absolute atomic E-state index is 0.227. The van der Waals surface area contributed by atoms with Gasteiger partial charge in [-0.05, 0) is 30.4 Å². The van der Waals surface area contributed by atoms with Crippen molar-refractivity contribution in [1.82, 2.24) is 4.90 Å². The number of hydrogen-bond donors (Lipinski definition) is 1. The quantitative estimate of drug-likeness (QED) is 0.909. The van der Waals surface area contributed by atoms with E-state index in [1.807, 2.05) is 11.0 Å². The van der Waals surface area contributed by atoms with E-state index in [1.165, 1.54) is 18.4 Å². The van der Waals surface area contributed by atoms with E-state index in [-0.39, 0.29) is 5.91 Å². The molecular weight excluding hydrogens is 248 g/mol. The van der Waals surface area contributed by atoms with Crippen LogP contribution in [0.4, 0.5) is 5.69 Å². The molecule has 1 aromatic rings. The number of nitrogens with one attached hydrogen (secondary N) is 1. The van der Waals surface area contributed by atoms with Crippen LogP contribution in [-0.2, 0) is 4.79 Å². The molecule has 0 unspecified atom stereocenters. The Bertz CT molecular complexity index is 434. The van der Waals surface area contributed by atoms with Crippen LogP contribution >= 0.6 is 0 Å². The van der Waals surface area contributed by atoms with Crippen LogP contribution < -0.4 is 5.32 Å². The van der Waals surface area contributed by atoms with Gasteiger partial charge in [0.1, 0.15) is 0 Å². The van der Waals surface area contributed by atoms with Gasteiger partial charge in [-0.1, -0.05) is 44.9 Å². The SMILES string of the molecule is CC(C)c1ccccc1NCC(=O)N1CCCCCC1. The fourth-order valence-corrected chi connectivity index (χ4v) is 2.76. The standard InChI is InChI=1S/C17H26N2O/c1-14(2)15-9-5-6-10-16(15)18-13-17(20)19-11-7-3-4-8-12-19/h5-6,9-10,14,18H,3-4,7-8,11-13H2,1-2H3. The summed E-state index contributed by atoms with van der Waals surface area (Å²) < 4.78 is 0. The topological polar surface area (TPSA) is 32.3 Å². The van der Waals surface area contributed by atoms with Gasteiger partial charge >= 0.3 is 0 Å².